The van der Waals surface area contributed by atoms with Gasteiger partial charge in [0.25, 0.3) is 0 Å². The van der Waals surface area contributed by atoms with E-state index < -0.39 is 35.4 Å². The van der Waals surface area contributed by atoms with E-state index in [1.165, 1.54) is 23.1 Å². The Bertz CT molecular complexity index is 1110. The van der Waals surface area contributed by atoms with Crippen LogP contribution in [-0.4, -0.2) is 32.5 Å². The van der Waals surface area contributed by atoms with Crippen molar-refractivity contribution < 1.29 is 31.1 Å². The number of fused-ring (bicyclic) bond motifs is 1. The van der Waals surface area contributed by atoms with Crippen molar-refractivity contribution in [3.05, 3.63) is 65.1 Å². The molecule has 1 amide bonds. The number of piperidine rings is 1. The summed E-state index contributed by atoms with van der Waals surface area (Å²) < 4.78 is 81.0. The molecule has 1 fully saturated rings. The minimum absolute atomic E-state index is 0.0717. The summed E-state index contributed by atoms with van der Waals surface area (Å²) >= 11 is 0. The van der Waals surface area contributed by atoms with Crippen molar-refractivity contribution in [2.45, 2.75) is 37.2 Å². The molecule has 31 heavy (non-hydrogen) atoms. The number of carbonyl (C=O) groups is 1. The Hall–Kier alpha value is -3.11. The Balaban J connectivity index is 1.75. The van der Waals surface area contributed by atoms with E-state index in [-0.39, 0.29) is 36.4 Å². The van der Waals surface area contributed by atoms with Gasteiger partial charge in [0, 0.05) is 12.7 Å². The first-order chi connectivity index (χ1) is 14.6. The molecule has 0 radical (unpaired) electrons. The van der Waals surface area contributed by atoms with E-state index in [2.05, 4.69) is 10.2 Å². The number of halogens is 6. The average molecular weight is 442 g/mol. The monoisotopic (exact) mass is 442 g/mol. The van der Waals surface area contributed by atoms with Crippen molar-refractivity contribution in [1.82, 2.24) is 19.5 Å². The molecule has 3 aromatic rings. The van der Waals surface area contributed by atoms with Gasteiger partial charge in [-0.15, -0.1) is 10.2 Å². The predicted molar refractivity (Wildman–Crippen MR) is 96.9 cm³/mol. The third-order valence-corrected chi connectivity index (χ3v) is 5.54. The van der Waals surface area contributed by atoms with Crippen LogP contribution >= 0.6 is 0 Å². The molecule has 0 spiro atoms. The van der Waals surface area contributed by atoms with Crippen LogP contribution in [0.15, 0.2) is 42.6 Å². The average Bonchev–Trinajstić information content (AvgIpc) is 3.15. The molecule has 2 aromatic heterocycles. The highest BCUT2D eigenvalue weighted by Gasteiger charge is 2.39. The summed E-state index contributed by atoms with van der Waals surface area (Å²) in [7, 11) is 0. The van der Waals surface area contributed by atoms with Crippen LogP contribution in [0.25, 0.3) is 5.65 Å². The normalized spacial score (nSPS) is 20.3. The molecule has 1 aliphatic rings. The predicted octanol–water partition coefficient (Wildman–Crippen LogP) is 4.84. The number of nitrogens with zero attached hydrogens (tertiary/aromatic N) is 4. The largest absolute Gasteiger partial charge is 0.417 e. The number of amides is 1. The molecule has 11 heteroatoms. The van der Waals surface area contributed by atoms with E-state index >= 15 is 0 Å². The van der Waals surface area contributed by atoms with Crippen molar-refractivity contribution in [2.24, 2.45) is 0 Å². The Morgan fingerprint density at radius 3 is 2.39 bits per heavy atom. The quantitative estimate of drug-likeness (QED) is 0.431. The molecule has 1 aliphatic heterocycles. The maximum absolute atomic E-state index is 13.5. The second kappa shape index (κ2) is 7.54. The van der Waals surface area contributed by atoms with Gasteiger partial charge in [-0.1, -0.05) is 18.2 Å². The third-order valence-electron chi connectivity index (χ3n) is 5.54. The van der Waals surface area contributed by atoms with E-state index in [0.717, 1.165) is 28.8 Å². The molecule has 0 N–H and O–H groups in total. The summed E-state index contributed by atoms with van der Waals surface area (Å²) in [6.45, 7) is 0.138. The van der Waals surface area contributed by atoms with E-state index in [4.69, 9.17) is 0 Å². The van der Waals surface area contributed by atoms with Gasteiger partial charge >= 0.3 is 12.4 Å². The fourth-order valence-electron chi connectivity index (χ4n) is 4.06. The second-order valence-electron chi connectivity index (χ2n) is 7.37. The van der Waals surface area contributed by atoms with Gasteiger partial charge in [-0.05, 0) is 42.5 Å². The number of rotatable bonds is 3. The van der Waals surface area contributed by atoms with E-state index in [0.29, 0.717) is 6.41 Å². The molecule has 164 valence electrons. The highest BCUT2D eigenvalue weighted by atomic mass is 19.4. The first-order valence-electron chi connectivity index (χ1n) is 9.38. The van der Waals surface area contributed by atoms with Gasteiger partial charge in [-0.2, -0.15) is 26.3 Å². The van der Waals surface area contributed by atoms with Gasteiger partial charge < -0.3 is 4.90 Å². The van der Waals surface area contributed by atoms with Crippen LogP contribution in [0.4, 0.5) is 26.3 Å². The van der Waals surface area contributed by atoms with Gasteiger partial charge in [0.05, 0.1) is 17.2 Å². The van der Waals surface area contributed by atoms with Gasteiger partial charge in [-0.3, -0.25) is 9.20 Å². The number of hydrogen-bond acceptors (Lipinski definition) is 3. The van der Waals surface area contributed by atoms with E-state index in [1.807, 2.05) is 0 Å². The molecular weight excluding hydrogens is 426 g/mol. The van der Waals surface area contributed by atoms with Gasteiger partial charge in [0.1, 0.15) is 0 Å². The number of carbonyl (C=O) groups excluding carboxylic acids is 1. The zero-order valence-electron chi connectivity index (χ0n) is 15.9. The Morgan fingerprint density at radius 1 is 0.968 bits per heavy atom. The SMILES string of the molecule is O=CN1CCC(c2ccccc2C(F)(F)F)CC1c1nnc2ccc(C(F)(F)F)cn12. The fourth-order valence-corrected chi connectivity index (χ4v) is 4.06. The minimum Gasteiger partial charge on any atom is -0.335 e. The summed E-state index contributed by atoms with van der Waals surface area (Å²) in [5, 5.41) is 7.83. The Kier molecular flexibility index (Phi) is 5.14. The topological polar surface area (TPSA) is 50.5 Å². The van der Waals surface area contributed by atoms with Crippen molar-refractivity contribution in [2.75, 3.05) is 6.54 Å². The van der Waals surface area contributed by atoms with Crippen molar-refractivity contribution in [1.29, 1.82) is 0 Å². The number of pyridine rings is 1. The lowest BCUT2D eigenvalue weighted by atomic mass is 9.83. The molecule has 2 atom stereocenters. The number of alkyl halides is 6. The third kappa shape index (κ3) is 3.96. The summed E-state index contributed by atoms with van der Waals surface area (Å²) in [5.74, 6) is -0.487. The minimum atomic E-state index is -4.60. The smallest absolute Gasteiger partial charge is 0.335 e. The van der Waals surface area contributed by atoms with Crippen LogP contribution in [0, 0.1) is 0 Å². The fraction of sp³-hybridized carbons (Fsp3) is 0.350. The summed E-state index contributed by atoms with van der Waals surface area (Å²) in [6.07, 6.45) is -7.42. The van der Waals surface area contributed by atoms with Crippen molar-refractivity contribution in [3.8, 4) is 0 Å². The summed E-state index contributed by atoms with van der Waals surface area (Å²) in [4.78, 5) is 12.9. The van der Waals surface area contributed by atoms with Crippen LogP contribution < -0.4 is 0 Å². The van der Waals surface area contributed by atoms with Crippen molar-refractivity contribution in [3.63, 3.8) is 0 Å². The molecule has 2 unspecified atom stereocenters. The maximum Gasteiger partial charge on any atom is 0.417 e. The lowest BCUT2D eigenvalue weighted by Crippen LogP contribution is -2.36. The molecule has 1 aromatic carbocycles. The van der Waals surface area contributed by atoms with Gasteiger partial charge in [0.15, 0.2) is 11.5 Å². The lowest BCUT2D eigenvalue weighted by Gasteiger charge is -2.37. The Labute approximate surface area is 172 Å². The number of hydrogen-bond donors (Lipinski definition) is 0. The highest BCUT2D eigenvalue weighted by molar-refractivity contribution is 5.50. The highest BCUT2D eigenvalue weighted by Crippen LogP contribution is 2.43. The molecule has 0 saturated carbocycles. The zero-order valence-corrected chi connectivity index (χ0v) is 15.9. The number of aromatic nitrogens is 3. The van der Waals surface area contributed by atoms with E-state index in [1.54, 1.807) is 0 Å². The van der Waals surface area contributed by atoms with Gasteiger partial charge in [-0.25, -0.2) is 0 Å². The zero-order chi connectivity index (χ0) is 22.4. The summed E-state index contributed by atoms with van der Waals surface area (Å²) in [5.41, 5.74) is -1.45. The molecule has 5 nitrogen and oxygen atoms in total. The summed E-state index contributed by atoms with van der Waals surface area (Å²) in [6, 6.07) is 6.40. The van der Waals surface area contributed by atoms with Crippen LogP contribution in [0.2, 0.25) is 0 Å². The number of benzene rings is 1. The van der Waals surface area contributed by atoms with E-state index in [9.17, 15) is 31.1 Å². The molecule has 3 heterocycles. The molecular formula is C20H16F6N4O. The second-order valence-corrected chi connectivity index (χ2v) is 7.37. The standard InChI is InChI=1S/C20H16F6N4O/c21-19(22,23)13-5-6-17-27-28-18(30(17)10-13)16-9-12(7-8-29(16)11-31)14-3-1-2-4-15(14)20(24,25)26/h1-6,10-12,16H,7-9H2. The molecule has 1 saturated heterocycles. The Morgan fingerprint density at radius 2 is 1.71 bits per heavy atom. The van der Waals surface area contributed by atoms with Gasteiger partial charge in [0.2, 0.25) is 6.41 Å². The maximum atomic E-state index is 13.5. The lowest BCUT2D eigenvalue weighted by molar-refractivity contribution is -0.139. The molecule has 0 bridgehead atoms. The van der Waals surface area contributed by atoms with Crippen LogP contribution in [0.5, 0.6) is 0 Å². The van der Waals surface area contributed by atoms with Crippen LogP contribution in [0.3, 0.4) is 0 Å². The molecule has 4 rings (SSSR count). The van der Waals surface area contributed by atoms with Crippen LogP contribution in [0.1, 0.15) is 47.3 Å². The number of likely N-dealkylation sites (tertiary alicyclic amines) is 1. The molecule has 0 aliphatic carbocycles. The first kappa shape index (κ1) is 21.1. The van der Waals surface area contributed by atoms with Crippen LogP contribution in [-0.2, 0) is 17.1 Å². The van der Waals surface area contributed by atoms with Crippen molar-refractivity contribution >= 4 is 12.1 Å². The first-order valence-corrected chi connectivity index (χ1v) is 9.38.